The standard InChI is InChI=1S/C12H12N2O4S.Ca/c1-17-10(15)6-7-11(16)18-19-12-13-8-4-2-3-5-9(8)14-12;/h2-5H,6-7H2,1H3,(H,13,14);/q;+2. The topological polar surface area (TPSA) is 81.3 Å². The maximum Gasteiger partial charge on any atom is 2.00 e. The zero-order valence-electron chi connectivity index (χ0n) is 10.9. The number of carbonyl (C=O) groups excluding carboxylic acids is 2. The van der Waals surface area contributed by atoms with Crippen LogP contribution in [-0.4, -0.2) is 66.8 Å². The summed E-state index contributed by atoms with van der Waals surface area (Å²) in [6.45, 7) is 0. The predicted molar refractivity (Wildman–Crippen MR) is 75.0 cm³/mol. The molecule has 0 aliphatic heterocycles. The maximum atomic E-state index is 11.4. The first kappa shape index (κ1) is 17.3. The van der Waals surface area contributed by atoms with E-state index < -0.39 is 11.9 Å². The fourth-order valence-electron chi connectivity index (χ4n) is 1.40. The normalized spacial score (nSPS) is 9.85. The average Bonchev–Trinajstić information content (AvgIpc) is 2.85. The molecule has 1 N–H and O–H groups in total. The van der Waals surface area contributed by atoms with Crippen molar-refractivity contribution in [1.29, 1.82) is 0 Å². The molecular formula is C12H12CaN2O4S+2. The summed E-state index contributed by atoms with van der Waals surface area (Å²) < 4.78 is 9.36. The summed E-state index contributed by atoms with van der Waals surface area (Å²) in [4.78, 5) is 29.5. The van der Waals surface area contributed by atoms with E-state index in [-0.39, 0.29) is 50.6 Å². The first-order valence-electron chi connectivity index (χ1n) is 5.58. The molecule has 8 heteroatoms. The largest absolute Gasteiger partial charge is 2.00 e. The molecule has 0 amide bonds. The number of ether oxygens (including phenoxy) is 1. The maximum absolute atomic E-state index is 11.4. The summed E-state index contributed by atoms with van der Waals surface area (Å²) in [5.41, 5.74) is 1.67. The van der Waals surface area contributed by atoms with Crippen molar-refractivity contribution >= 4 is 72.8 Å². The number of nitrogens with zero attached hydrogens (tertiary/aromatic N) is 1. The van der Waals surface area contributed by atoms with Gasteiger partial charge in [0.2, 0.25) is 5.16 Å². The van der Waals surface area contributed by atoms with Gasteiger partial charge in [0, 0.05) is 0 Å². The number of methoxy groups -OCH3 is 1. The van der Waals surface area contributed by atoms with E-state index in [1.54, 1.807) is 0 Å². The molecule has 2 aromatic rings. The quantitative estimate of drug-likeness (QED) is 0.513. The van der Waals surface area contributed by atoms with Crippen LogP contribution in [0.4, 0.5) is 0 Å². The zero-order chi connectivity index (χ0) is 13.7. The number of benzene rings is 1. The SMILES string of the molecule is COC(=O)CCC(=O)OSc1nc2ccccc2[nH]1.[Ca+2]. The number of fused-ring (bicyclic) bond motifs is 1. The molecule has 2 rings (SSSR count). The van der Waals surface area contributed by atoms with E-state index in [2.05, 4.69) is 14.7 Å². The minimum atomic E-state index is -0.490. The first-order chi connectivity index (χ1) is 9.19. The Bertz CT molecular complexity index is 569. The Morgan fingerprint density at radius 1 is 1.25 bits per heavy atom. The average molecular weight is 320 g/mol. The molecular weight excluding hydrogens is 308 g/mol. The monoisotopic (exact) mass is 320 g/mol. The molecule has 0 fully saturated rings. The Hall–Kier alpha value is -0.760. The third kappa shape index (κ3) is 4.97. The molecule has 0 aliphatic rings. The second-order valence-corrected chi connectivity index (χ2v) is 4.39. The van der Waals surface area contributed by atoms with Gasteiger partial charge >= 0.3 is 49.7 Å². The number of esters is 1. The number of rotatable bonds is 5. The van der Waals surface area contributed by atoms with Gasteiger partial charge in [-0.05, 0) is 12.1 Å². The van der Waals surface area contributed by atoms with Gasteiger partial charge < -0.3 is 13.9 Å². The van der Waals surface area contributed by atoms with Gasteiger partial charge in [-0.25, -0.2) is 4.98 Å². The van der Waals surface area contributed by atoms with Crippen LogP contribution >= 0.6 is 12.0 Å². The van der Waals surface area contributed by atoms with E-state index in [1.807, 2.05) is 24.3 Å². The van der Waals surface area contributed by atoms with Crippen molar-refractivity contribution in [2.75, 3.05) is 7.11 Å². The molecule has 100 valence electrons. The number of carbonyl (C=O) groups is 2. The molecule has 0 saturated heterocycles. The van der Waals surface area contributed by atoms with Crippen molar-refractivity contribution < 1.29 is 18.5 Å². The smallest absolute Gasteiger partial charge is 0.469 e. The van der Waals surface area contributed by atoms with E-state index in [0.29, 0.717) is 5.16 Å². The van der Waals surface area contributed by atoms with Crippen molar-refractivity contribution in [1.82, 2.24) is 9.97 Å². The van der Waals surface area contributed by atoms with Gasteiger partial charge in [0.25, 0.3) is 0 Å². The van der Waals surface area contributed by atoms with Crippen LogP contribution in [0.5, 0.6) is 0 Å². The molecule has 6 nitrogen and oxygen atoms in total. The van der Waals surface area contributed by atoms with Gasteiger partial charge in [0.1, 0.15) is 12.0 Å². The van der Waals surface area contributed by atoms with Gasteiger partial charge in [-0.2, -0.15) is 0 Å². The molecule has 1 aromatic heterocycles. The molecule has 20 heavy (non-hydrogen) atoms. The number of imidazole rings is 1. The Morgan fingerprint density at radius 3 is 2.65 bits per heavy atom. The molecule has 0 aliphatic carbocycles. The Kier molecular flexibility index (Phi) is 7.36. The van der Waals surface area contributed by atoms with Crippen LogP contribution < -0.4 is 0 Å². The summed E-state index contributed by atoms with van der Waals surface area (Å²) in [5.74, 6) is -0.929. The van der Waals surface area contributed by atoms with E-state index in [4.69, 9.17) is 4.18 Å². The zero-order valence-corrected chi connectivity index (χ0v) is 13.9. The molecule has 1 aromatic carbocycles. The van der Waals surface area contributed by atoms with E-state index in [9.17, 15) is 9.59 Å². The van der Waals surface area contributed by atoms with Gasteiger partial charge in [-0.1, -0.05) is 12.1 Å². The Balaban J connectivity index is 0.00000200. The number of aromatic nitrogens is 2. The van der Waals surface area contributed by atoms with E-state index in [1.165, 1.54) is 7.11 Å². The van der Waals surface area contributed by atoms with Gasteiger partial charge in [-0.3, -0.25) is 9.59 Å². The van der Waals surface area contributed by atoms with Crippen LogP contribution in [-0.2, 0) is 18.5 Å². The van der Waals surface area contributed by atoms with Gasteiger partial charge in [-0.15, -0.1) is 0 Å². The fraction of sp³-hybridized carbons (Fsp3) is 0.250. The Labute approximate surface area is 149 Å². The summed E-state index contributed by atoms with van der Waals surface area (Å²) >= 11 is 0.845. The first-order valence-corrected chi connectivity index (χ1v) is 6.32. The third-order valence-electron chi connectivity index (χ3n) is 2.34. The van der Waals surface area contributed by atoms with Gasteiger partial charge in [0.15, 0.2) is 0 Å². The third-order valence-corrected chi connectivity index (χ3v) is 2.96. The van der Waals surface area contributed by atoms with Crippen LogP contribution in [0, 0.1) is 0 Å². The van der Waals surface area contributed by atoms with Crippen molar-refractivity contribution in [2.45, 2.75) is 18.0 Å². The number of H-pyrrole nitrogens is 1. The molecule has 0 radical (unpaired) electrons. The predicted octanol–water partition coefficient (Wildman–Crippen LogP) is 1.69. The number of aromatic amines is 1. The molecule has 1 heterocycles. The number of hydrogen-bond acceptors (Lipinski definition) is 6. The minimum absolute atomic E-state index is 0. The van der Waals surface area contributed by atoms with Crippen molar-refractivity contribution in [3.05, 3.63) is 24.3 Å². The van der Waals surface area contributed by atoms with E-state index in [0.717, 1.165) is 23.1 Å². The minimum Gasteiger partial charge on any atom is -0.469 e. The van der Waals surface area contributed by atoms with Gasteiger partial charge in [0.05, 0.1) is 31.0 Å². The van der Waals surface area contributed by atoms with Crippen LogP contribution in [0.25, 0.3) is 11.0 Å². The number of nitrogens with one attached hydrogen (secondary N) is 1. The summed E-state index contributed by atoms with van der Waals surface area (Å²) in [6, 6.07) is 7.50. The second kappa shape index (κ2) is 8.51. The van der Waals surface area contributed by atoms with Crippen LogP contribution in [0.15, 0.2) is 29.4 Å². The number of hydrogen-bond donors (Lipinski definition) is 1. The second-order valence-electron chi connectivity index (χ2n) is 3.67. The van der Waals surface area contributed by atoms with Crippen molar-refractivity contribution in [2.24, 2.45) is 0 Å². The van der Waals surface area contributed by atoms with Crippen molar-refractivity contribution in [3.8, 4) is 0 Å². The molecule has 0 saturated carbocycles. The van der Waals surface area contributed by atoms with E-state index >= 15 is 0 Å². The molecule has 0 unspecified atom stereocenters. The summed E-state index contributed by atoms with van der Waals surface area (Å²) in [7, 11) is 1.27. The summed E-state index contributed by atoms with van der Waals surface area (Å²) in [6.07, 6.45) is -0.00404. The summed E-state index contributed by atoms with van der Waals surface area (Å²) in [5, 5.41) is 0.493. The number of para-hydroxylation sites is 2. The van der Waals surface area contributed by atoms with Crippen LogP contribution in [0.3, 0.4) is 0 Å². The van der Waals surface area contributed by atoms with Crippen molar-refractivity contribution in [3.63, 3.8) is 0 Å². The molecule has 0 bridgehead atoms. The fourth-order valence-corrected chi connectivity index (χ4v) is 1.95. The van der Waals surface area contributed by atoms with Crippen LogP contribution in [0.2, 0.25) is 0 Å². The Morgan fingerprint density at radius 2 is 1.95 bits per heavy atom. The van der Waals surface area contributed by atoms with Crippen LogP contribution in [0.1, 0.15) is 12.8 Å². The molecule has 0 spiro atoms. The molecule has 0 atom stereocenters.